The summed E-state index contributed by atoms with van der Waals surface area (Å²) in [6.45, 7) is 6.72. The van der Waals surface area contributed by atoms with E-state index in [0.29, 0.717) is 0 Å². The van der Waals surface area contributed by atoms with Gasteiger partial charge in [0.1, 0.15) is 5.82 Å². The number of benzene rings is 2. The smallest absolute Gasteiger partial charge is 0.161 e. The molecule has 4 nitrogen and oxygen atoms in total. The third-order valence-corrected chi connectivity index (χ3v) is 6.51. The monoisotopic (exact) mass is 415 g/mol. The fourth-order valence-corrected chi connectivity index (χ4v) is 4.53. The van der Waals surface area contributed by atoms with Gasteiger partial charge in [0.05, 0.1) is 19.8 Å². The Kier molecular flexibility index (Phi) is 7.37. The number of hydrogen-bond donors (Lipinski definition) is 1. The molecule has 0 radical (unpaired) electrons. The molecule has 0 saturated carbocycles. The quantitative estimate of drug-likeness (QED) is 0.569. The van der Waals surface area contributed by atoms with Crippen molar-refractivity contribution in [3.63, 3.8) is 0 Å². The second-order valence-corrected chi connectivity index (χ2v) is 8.48. The molecule has 0 aromatic heterocycles. The molecule has 3 rings (SSSR count). The lowest BCUT2D eigenvalue weighted by atomic mass is 9.66. The van der Waals surface area contributed by atoms with Gasteiger partial charge in [-0.25, -0.2) is 4.39 Å². The zero-order valence-corrected chi connectivity index (χ0v) is 18.6. The van der Waals surface area contributed by atoms with Crippen molar-refractivity contribution in [1.29, 1.82) is 0 Å². The van der Waals surface area contributed by atoms with E-state index in [2.05, 4.69) is 19.2 Å². The lowest BCUT2D eigenvalue weighted by Crippen LogP contribution is -2.46. The molecule has 2 aromatic carbocycles. The summed E-state index contributed by atoms with van der Waals surface area (Å²) < 4.78 is 30.4. The third-order valence-electron chi connectivity index (χ3n) is 6.51. The Morgan fingerprint density at radius 3 is 2.47 bits per heavy atom. The predicted molar refractivity (Wildman–Crippen MR) is 118 cm³/mol. The standard InChI is InChI=1S/C25H34FNO3/c1-5-24(2)18-25(13-15-30-24,20-7-9-21(26)10-8-20)12-14-27-17-19-6-11-22(28-3)23(16-19)29-4/h6-11,16,27H,5,12-15,17-18H2,1-4H3/t24-,25+/m1/s1. The highest BCUT2D eigenvalue weighted by Crippen LogP contribution is 2.45. The minimum atomic E-state index is -0.189. The highest BCUT2D eigenvalue weighted by Gasteiger charge is 2.43. The second-order valence-electron chi connectivity index (χ2n) is 8.48. The van der Waals surface area contributed by atoms with Gasteiger partial charge in [0.2, 0.25) is 0 Å². The molecule has 1 aliphatic heterocycles. The molecule has 1 fully saturated rings. The van der Waals surface area contributed by atoms with Gasteiger partial charge in [0.15, 0.2) is 11.5 Å². The van der Waals surface area contributed by atoms with Gasteiger partial charge in [-0.15, -0.1) is 0 Å². The van der Waals surface area contributed by atoms with Crippen LogP contribution in [-0.4, -0.2) is 33.0 Å². The van der Waals surface area contributed by atoms with Crippen LogP contribution in [0.1, 0.15) is 50.7 Å². The van der Waals surface area contributed by atoms with Crippen molar-refractivity contribution >= 4 is 0 Å². The Morgan fingerprint density at radius 1 is 1.07 bits per heavy atom. The number of hydrogen-bond acceptors (Lipinski definition) is 4. The molecular weight excluding hydrogens is 381 g/mol. The SMILES string of the molecule is CC[C@]1(C)C[C@@](CCNCc2ccc(OC)c(OC)c2)(c2ccc(F)cc2)CCO1. The van der Waals surface area contributed by atoms with Crippen LogP contribution in [0.15, 0.2) is 42.5 Å². The first-order valence-electron chi connectivity index (χ1n) is 10.8. The lowest BCUT2D eigenvalue weighted by molar-refractivity contribution is -0.0979. The molecule has 2 aromatic rings. The summed E-state index contributed by atoms with van der Waals surface area (Å²) in [6, 6.07) is 13.0. The number of nitrogens with one attached hydrogen (secondary N) is 1. The Bertz CT molecular complexity index is 826. The van der Waals surface area contributed by atoms with Crippen molar-refractivity contribution in [2.75, 3.05) is 27.4 Å². The molecule has 2 atom stereocenters. The topological polar surface area (TPSA) is 39.7 Å². The van der Waals surface area contributed by atoms with Gasteiger partial charge < -0.3 is 19.5 Å². The molecule has 1 N–H and O–H groups in total. The van der Waals surface area contributed by atoms with Crippen LogP contribution in [0.4, 0.5) is 4.39 Å². The summed E-state index contributed by atoms with van der Waals surface area (Å²) in [6.07, 6.45) is 3.84. The van der Waals surface area contributed by atoms with Crippen LogP contribution in [0.5, 0.6) is 11.5 Å². The zero-order chi connectivity index (χ0) is 21.6. The number of rotatable bonds is 9. The van der Waals surface area contributed by atoms with E-state index in [4.69, 9.17) is 14.2 Å². The van der Waals surface area contributed by atoms with Crippen LogP contribution in [0, 0.1) is 5.82 Å². The van der Waals surface area contributed by atoms with E-state index < -0.39 is 0 Å². The lowest BCUT2D eigenvalue weighted by Gasteiger charge is -2.47. The molecule has 1 saturated heterocycles. The first-order valence-corrected chi connectivity index (χ1v) is 10.8. The van der Waals surface area contributed by atoms with E-state index in [1.54, 1.807) is 26.4 Å². The zero-order valence-electron chi connectivity index (χ0n) is 18.6. The van der Waals surface area contributed by atoms with E-state index in [9.17, 15) is 4.39 Å². The fraction of sp³-hybridized carbons (Fsp3) is 0.520. The van der Waals surface area contributed by atoms with Crippen molar-refractivity contribution in [3.8, 4) is 11.5 Å². The van der Waals surface area contributed by atoms with Crippen LogP contribution in [0.2, 0.25) is 0 Å². The number of methoxy groups -OCH3 is 2. The van der Waals surface area contributed by atoms with Crippen molar-refractivity contribution in [3.05, 3.63) is 59.4 Å². The normalized spacial score (nSPS) is 23.9. The molecule has 1 aliphatic rings. The molecule has 0 unspecified atom stereocenters. The summed E-state index contributed by atoms with van der Waals surface area (Å²) in [5, 5.41) is 3.58. The molecule has 0 spiro atoms. The highest BCUT2D eigenvalue weighted by atomic mass is 19.1. The van der Waals surface area contributed by atoms with Crippen LogP contribution in [0.3, 0.4) is 0 Å². The fourth-order valence-electron chi connectivity index (χ4n) is 4.53. The van der Waals surface area contributed by atoms with Crippen LogP contribution in [0.25, 0.3) is 0 Å². The van der Waals surface area contributed by atoms with E-state index in [1.165, 1.54) is 5.56 Å². The Labute approximate surface area is 179 Å². The number of ether oxygens (including phenoxy) is 3. The summed E-state index contributed by atoms with van der Waals surface area (Å²) >= 11 is 0. The van der Waals surface area contributed by atoms with E-state index in [0.717, 1.165) is 62.4 Å². The van der Waals surface area contributed by atoms with Gasteiger partial charge in [-0.05, 0) is 74.5 Å². The minimum absolute atomic E-state index is 0.0126. The molecule has 0 aliphatic carbocycles. The van der Waals surface area contributed by atoms with E-state index in [1.807, 2.05) is 30.3 Å². The van der Waals surface area contributed by atoms with Crippen molar-refractivity contribution < 1.29 is 18.6 Å². The Balaban J connectivity index is 1.69. The Morgan fingerprint density at radius 2 is 1.80 bits per heavy atom. The molecule has 1 heterocycles. The average molecular weight is 416 g/mol. The summed E-state index contributed by atoms with van der Waals surface area (Å²) in [5.41, 5.74) is 2.20. The minimum Gasteiger partial charge on any atom is -0.493 e. The molecule has 0 amide bonds. The van der Waals surface area contributed by atoms with E-state index in [-0.39, 0.29) is 16.8 Å². The van der Waals surface area contributed by atoms with Crippen LogP contribution >= 0.6 is 0 Å². The summed E-state index contributed by atoms with van der Waals surface area (Å²) in [4.78, 5) is 0. The molecule has 0 bridgehead atoms. The second kappa shape index (κ2) is 9.80. The van der Waals surface area contributed by atoms with Crippen LogP contribution < -0.4 is 14.8 Å². The predicted octanol–water partition coefficient (Wildman–Crippen LogP) is 5.24. The maximum absolute atomic E-state index is 13.6. The molecular formula is C25H34FNO3. The highest BCUT2D eigenvalue weighted by molar-refractivity contribution is 5.42. The first kappa shape index (κ1) is 22.6. The van der Waals surface area contributed by atoms with E-state index >= 15 is 0 Å². The van der Waals surface area contributed by atoms with Gasteiger partial charge in [-0.1, -0.05) is 25.1 Å². The average Bonchev–Trinajstić information content (AvgIpc) is 2.77. The van der Waals surface area contributed by atoms with Gasteiger partial charge >= 0.3 is 0 Å². The van der Waals surface area contributed by atoms with Gasteiger partial charge in [0.25, 0.3) is 0 Å². The molecule has 5 heteroatoms. The summed E-state index contributed by atoms with van der Waals surface area (Å²) in [7, 11) is 3.29. The summed E-state index contributed by atoms with van der Waals surface area (Å²) in [5.74, 6) is 1.28. The van der Waals surface area contributed by atoms with Gasteiger partial charge in [-0.3, -0.25) is 0 Å². The van der Waals surface area contributed by atoms with Crippen molar-refractivity contribution in [2.24, 2.45) is 0 Å². The van der Waals surface area contributed by atoms with Crippen LogP contribution in [-0.2, 0) is 16.7 Å². The number of halogens is 1. The Hall–Kier alpha value is -2.11. The van der Waals surface area contributed by atoms with Crippen molar-refractivity contribution in [2.45, 2.75) is 57.1 Å². The van der Waals surface area contributed by atoms with Crippen molar-refractivity contribution in [1.82, 2.24) is 5.32 Å². The third kappa shape index (κ3) is 5.13. The maximum atomic E-state index is 13.6. The van der Waals surface area contributed by atoms with Gasteiger partial charge in [0, 0.05) is 18.6 Å². The molecule has 30 heavy (non-hydrogen) atoms. The first-order chi connectivity index (χ1) is 14.4. The maximum Gasteiger partial charge on any atom is 0.161 e. The van der Waals surface area contributed by atoms with Gasteiger partial charge in [-0.2, -0.15) is 0 Å². The molecule has 164 valence electrons. The largest absolute Gasteiger partial charge is 0.493 e.